The van der Waals surface area contributed by atoms with Crippen LogP contribution in [0.2, 0.25) is 0 Å². The number of Topliss-reactive ketones (excluding diaryl/α,β-unsaturated/α-hetero) is 1. The van der Waals surface area contributed by atoms with Crippen molar-refractivity contribution in [2.45, 2.75) is 16.6 Å². The summed E-state index contributed by atoms with van der Waals surface area (Å²) >= 11 is 7.06. The summed E-state index contributed by atoms with van der Waals surface area (Å²) in [5.41, 5.74) is 0.313. The van der Waals surface area contributed by atoms with Crippen molar-refractivity contribution >= 4 is 34.3 Å². The number of alkyl halides is 1. The first-order chi connectivity index (χ1) is 6.04. The van der Waals surface area contributed by atoms with E-state index in [1.165, 1.54) is 12.1 Å². The van der Waals surface area contributed by atoms with Crippen LogP contribution in [-0.4, -0.2) is 10.6 Å². The number of rotatable bonds is 2. The van der Waals surface area contributed by atoms with Gasteiger partial charge in [0.2, 0.25) is 0 Å². The summed E-state index contributed by atoms with van der Waals surface area (Å²) < 4.78 is 13.0. The number of thiol groups is 1. The lowest BCUT2D eigenvalue weighted by molar-refractivity contribution is 0.0992. The van der Waals surface area contributed by atoms with Gasteiger partial charge < -0.3 is 0 Å². The Kier molecular flexibility index (Phi) is 3.50. The molecule has 0 heterocycles. The molecular weight excluding hydrogens is 255 g/mol. The molecule has 1 rings (SSSR count). The monoisotopic (exact) mass is 262 g/mol. The number of ketones is 1. The van der Waals surface area contributed by atoms with Crippen LogP contribution in [-0.2, 0) is 0 Å². The minimum Gasteiger partial charge on any atom is -0.293 e. The number of hydrogen-bond acceptors (Lipinski definition) is 2. The average molecular weight is 263 g/mol. The molecule has 0 aromatic heterocycles. The van der Waals surface area contributed by atoms with Crippen LogP contribution in [0.1, 0.15) is 17.3 Å². The Bertz CT molecular complexity index is 338. The highest BCUT2D eigenvalue weighted by atomic mass is 79.9. The van der Waals surface area contributed by atoms with Crippen LogP contribution in [0.3, 0.4) is 0 Å². The van der Waals surface area contributed by atoms with Crippen LogP contribution in [0.25, 0.3) is 0 Å². The lowest BCUT2D eigenvalue weighted by Gasteiger charge is -2.05. The maximum atomic E-state index is 13.0. The number of carbonyl (C=O) groups excluding carboxylic acids is 1. The van der Waals surface area contributed by atoms with E-state index in [1.807, 2.05) is 0 Å². The third kappa shape index (κ3) is 2.31. The summed E-state index contributed by atoms with van der Waals surface area (Å²) in [6.45, 7) is 1.69. The molecule has 0 spiro atoms. The van der Waals surface area contributed by atoms with Crippen LogP contribution in [0.15, 0.2) is 23.1 Å². The van der Waals surface area contributed by atoms with Crippen LogP contribution in [0.4, 0.5) is 4.39 Å². The fourth-order valence-corrected chi connectivity index (χ4v) is 1.43. The zero-order valence-corrected chi connectivity index (χ0v) is 9.40. The summed E-state index contributed by atoms with van der Waals surface area (Å²) in [5, 5.41) is 0. The molecule has 4 heteroatoms. The zero-order chi connectivity index (χ0) is 10.0. The Balaban J connectivity index is 3.15. The standard InChI is InChI=1S/C9H8BrFOS/c1-5(10)8(12)6-3-2-4-7(11)9(6)13/h2-5,13H,1H3. The minimum atomic E-state index is -0.470. The summed E-state index contributed by atoms with van der Waals surface area (Å²) in [5.74, 6) is -0.633. The molecule has 0 radical (unpaired) electrons. The van der Waals surface area contributed by atoms with E-state index in [9.17, 15) is 9.18 Å². The third-order valence-electron chi connectivity index (χ3n) is 1.61. The molecule has 1 atom stereocenters. The van der Waals surface area contributed by atoms with Crippen molar-refractivity contribution in [2.75, 3.05) is 0 Å². The molecule has 0 aliphatic rings. The molecule has 0 saturated carbocycles. The normalized spacial score (nSPS) is 12.6. The van der Waals surface area contributed by atoms with Crippen molar-refractivity contribution in [3.8, 4) is 0 Å². The highest BCUT2D eigenvalue weighted by Crippen LogP contribution is 2.20. The van der Waals surface area contributed by atoms with Crippen LogP contribution < -0.4 is 0 Å². The summed E-state index contributed by atoms with van der Waals surface area (Å²) in [6, 6.07) is 4.33. The predicted molar refractivity (Wildman–Crippen MR) is 56.4 cm³/mol. The van der Waals surface area contributed by atoms with Gasteiger partial charge in [-0.15, -0.1) is 12.6 Å². The Morgan fingerprint density at radius 3 is 2.77 bits per heavy atom. The quantitative estimate of drug-likeness (QED) is 0.493. The van der Waals surface area contributed by atoms with E-state index < -0.39 is 5.82 Å². The van der Waals surface area contributed by atoms with E-state index in [2.05, 4.69) is 28.6 Å². The number of hydrogen-bond donors (Lipinski definition) is 1. The van der Waals surface area contributed by atoms with Gasteiger partial charge in [-0.2, -0.15) is 0 Å². The fraction of sp³-hybridized carbons (Fsp3) is 0.222. The molecule has 1 nitrogen and oxygen atoms in total. The van der Waals surface area contributed by atoms with Crippen molar-refractivity contribution in [2.24, 2.45) is 0 Å². The van der Waals surface area contributed by atoms with Gasteiger partial charge >= 0.3 is 0 Å². The first kappa shape index (κ1) is 10.7. The van der Waals surface area contributed by atoms with Crippen LogP contribution in [0.5, 0.6) is 0 Å². The molecule has 1 aromatic rings. The topological polar surface area (TPSA) is 17.1 Å². The fourth-order valence-electron chi connectivity index (χ4n) is 0.928. The molecule has 0 saturated heterocycles. The van der Waals surface area contributed by atoms with Crippen molar-refractivity contribution in [1.82, 2.24) is 0 Å². The summed E-state index contributed by atoms with van der Waals surface area (Å²) in [7, 11) is 0. The smallest absolute Gasteiger partial charge is 0.177 e. The van der Waals surface area contributed by atoms with E-state index in [-0.39, 0.29) is 15.5 Å². The van der Waals surface area contributed by atoms with Crippen LogP contribution in [0, 0.1) is 5.82 Å². The molecule has 0 N–H and O–H groups in total. The second-order valence-corrected chi connectivity index (χ2v) is 4.44. The number of carbonyl (C=O) groups is 1. The molecule has 0 bridgehead atoms. The molecule has 0 aliphatic carbocycles. The van der Waals surface area contributed by atoms with Gasteiger partial charge in [0.15, 0.2) is 5.78 Å². The number of halogens is 2. The van der Waals surface area contributed by atoms with E-state index in [1.54, 1.807) is 13.0 Å². The Morgan fingerprint density at radius 1 is 1.62 bits per heavy atom. The second kappa shape index (κ2) is 4.24. The van der Waals surface area contributed by atoms with Crippen molar-refractivity contribution in [3.63, 3.8) is 0 Å². The van der Waals surface area contributed by atoms with Gasteiger partial charge in [0, 0.05) is 5.56 Å². The zero-order valence-electron chi connectivity index (χ0n) is 6.92. The first-order valence-electron chi connectivity index (χ1n) is 3.69. The SMILES string of the molecule is CC(Br)C(=O)c1cccc(F)c1S. The molecular formula is C9H8BrFOS. The van der Waals surface area contributed by atoms with Gasteiger partial charge in [-0.05, 0) is 13.0 Å². The molecule has 0 fully saturated rings. The van der Waals surface area contributed by atoms with Gasteiger partial charge in [0.05, 0.1) is 9.72 Å². The molecule has 0 aliphatic heterocycles. The third-order valence-corrected chi connectivity index (χ3v) is 2.48. The molecule has 13 heavy (non-hydrogen) atoms. The molecule has 1 aromatic carbocycles. The van der Waals surface area contributed by atoms with E-state index >= 15 is 0 Å². The highest BCUT2D eigenvalue weighted by molar-refractivity contribution is 9.10. The molecule has 0 amide bonds. The Morgan fingerprint density at radius 2 is 2.23 bits per heavy atom. The van der Waals surface area contributed by atoms with Crippen LogP contribution >= 0.6 is 28.6 Å². The Hall–Kier alpha value is -0.350. The van der Waals surface area contributed by atoms with E-state index in [4.69, 9.17) is 0 Å². The van der Waals surface area contributed by atoms with E-state index in [0.717, 1.165) is 0 Å². The maximum absolute atomic E-state index is 13.0. The summed E-state index contributed by atoms with van der Waals surface area (Å²) in [6.07, 6.45) is 0. The van der Waals surface area contributed by atoms with Gasteiger partial charge in [-0.1, -0.05) is 28.1 Å². The van der Waals surface area contributed by atoms with Crippen molar-refractivity contribution < 1.29 is 9.18 Å². The van der Waals surface area contributed by atoms with Gasteiger partial charge in [0.1, 0.15) is 5.82 Å². The summed E-state index contributed by atoms with van der Waals surface area (Å²) in [4.78, 5) is 11.2. The van der Waals surface area contributed by atoms with Gasteiger partial charge in [-0.25, -0.2) is 4.39 Å². The minimum absolute atomic E-state index is 0.110. The highest BCUT2D eigenvalue weighted by Gasteiger charge is 2.16. The molecule has 1 unspecified atom stereocenters. The maximum Gasteiger partial charge on any atom is 0.177 e. The van der Waals surface area contributed by atoms with Crippen molar-refractivity contribution in [3.05, 3.63) is 29.6 Å². The average Bonchev–Trinajstić information content (AvgIpc) is 2.08. The lowest BCUT2D eigenvalue weighted by atomic mass is 10.1. The lowest BCUT2D eigenvalue weighted by Crippen LogP contribution is -2.11. The Labute approximate surface area is 89.9 Å². The molecule has 70 valence electrons. The predicted octanol–water partition coefficient (Wildman–Crippen LogP) is 3.08. The number of benzene rings is 1. The van der Waals surface area contributed by atoms with E-state index in [0.29, 0.717) is 5.56 Å². The largest absolute Gasteiger partial charge is 0.293 e. The first-order valence-corrected chi connectivity index (χ1v) is 5.06. The van der Waals surface area contributed by atoms with Crippen molar-refractivity contribution in [1.29, 1.82) is 0 Å². The second-order valence-electron chi connectivity index (χ2n) is 2.62. The van der Waals surface area contributed by atoms with Gasteiger partial charge in [0.25, 0.3) is 0 Å². The van der Waals surface area contributed by atoms with Gasteiger partial charge in [-0.3, -0.25) is 4.79 Å².